The minimum absolute atomic E-state index is 0.202. The molecule has 3 N–H and O–H groups in total. The highest BCUT2D eigenvalue weighted by Gasteiger charge is 2.36. The van der Waals surface area contributed by atoms with E-state index in [0.717, 1.165) is 29.8 Å². The van der Waals surface area contributed by atoms with Crippen molar-refractivity contribution in [3.63, 3.8) is 0 Å². The Bertz CT molecular complexity index is 1100. The van der Waals surface area contributed by atoms with Crippen LogP contribution in [0.4, 0.5) is 16.0 Å². The summed E-state index contributed by atoms with van der Waals surface area (Å²) in [6.07, 6.45) is 8.49. The molecule has 7 nitrogen and oxygen atoms in total. The van der Waals surface area contributed by atoms with Crippen molar-refractivity contribution in [2.75, 3.05) is 5.32 Å². The molecule has 162 valence electrons. The van der Waals surface area contributed by atoms with Gasteiger partial charge in [0, 0.05) is 23.5 Å². The summed E-state index contributed by atoms with van der Waals surface area (Å²) in [5.41, 5.74) is 2.79. The monoisotopic (exact) mass is 423 g/mol. The summed E-state index contributed by atoms with van der Waals surface area (Å²) in [6.45, 7) is 1.99. The molecule has 5 rings (SSSR count). The zero-order chi connectivity index (χ0) is 21.6. The van der Waals surface area contributed by atoms with Crippen LogP contribution in [0.1, 0.15) is 61.4 Å². The largest absolute Gasteiger partial charge is 0.393 e. The molecular formula is C23H26FN5O2. The van der Waals surface area contributed by atoms with Crippen molar-refractivity contribution in [1.29, 1.82) is 0 Å². The molecule has 2 heterocycles. The number of imidazole rings is 1. The molecule has 2 aromatic heterocycles. The standard InChI is InChI=1S/C23H26FN5O2/c1-14-8-16(27-22-25-11-19(24)21(28-22)15-2-3-15)10-17(9-14)29-12-20(26-13-29)23(31)6-4-18(30)5-7-23/h8-13,15,18,30-31H,2-7H2,1H3,(H,25,27,28)/t18-,23-. The Hall–Kier alpha value is -2.84. The summed E-state index contributed by atoms with van der Waals surface area (Å²) >= 11 is 0. The molecule has 2 fully saturated rings. The fourth-order valence-electron chi connectivity index (χ4n) is 4.24. The SMILES string of the molecule is Cc1cc(Nc2ncc(F)c(C3CC3)n2)cc(-n2cnc([C@]3(O)CC[C@H](O)CC3)c2)c1. The highest BCUT2D eigenvalue weighted by Crippen LogP contribution is 2.40. The molecule has 3 aromatic rings. The summed E-state index contributed by atoms with van der Waals surface area (Å²) in [5, 5.41) is 23.9. The number of hydrogen-bond acceptors (Lipinski definition) is 6. The molecule has 31 heavy (non-hydrogen) atoms. The van der Waals surface area contributed by atoms with Gasteiger partial charge in [-0.15, -0.1) is 0 Å². The van der Waals surface area contributed by atoms with Gasteiger partial charge >= 0.3 is 0 Å². The molecule has 0 spiro atoms. The lowest BCUT2D eigenvalue weighted by Gasteiger charge is -2.32. The highest BCUT2D eigenvalue weighted by molar-refractivity contribution is 5.59. The number of aryl methyl sites for hydroxylation is 1. The van der Waals surface area contributed by atoms with E-state index in [-0.39, 0.29) is 17.8 Å². The van der Waals surface area contributed by atoms with Crippen LogP contribution in [0.5, 0.6) is 0 Å². The Balaban J connectivity index is 1.39. The number of aliphatic hydroxyl groups is 2. The van der Waals surface area contributed by atoms with Gasteiger partial charge in [-0.1, -0.05) is 0 Å². The van der Waals surface area contributed by atoms with Crippen LogP contribution in [0.25, 0.3) is 5.69 Å². The third-order valence-electron chi connectivity index (χ3n) is 6.19. The van der Waals surface area contributed by atoms with E-state index in [1.54, 1.807) is 6.33 Å². The Morgan fingerprint density at radius 1 is 1.13 bits per heavy atom. The van der Waals surface area contributed by atoms with Crippen LogP contribution < -0.4 is 5.32 Å². The Kier molecular flexibility index (Phi) is 4.98. The zero-order valence-electron chi connectivity index (χ0n) is 17.4. The minimum Gasteiger partial charge on any atom is -0.393 e. The maximum Gasteiger partial charge on any atom is 0.227 e. The summed E-state index contributed by atoms with van der Waals surface area (Å²) in [4.78, 5) is 12.9. The first-order valence-corrected chi connectivity index (χ1v) is 10.8. The fraction of sp³-hybridized carbons (Fsp3) is 0.435. The van der Waals surface area contributed by atoms with Crippen LogP contribution in [-0.2, 0) is 5.60 Å². The molecule has 0 amide bonds. The quantitative estimate of drug-likeness (QED) is 0.577. The van der Waals surface area contributed by atoms with Crippen molar-refractivity contribution in [3.8, 4) is 5.69 Å². The molecule has 0 radical (unpaired) electrons. The number of hydrogen-bond donors (Lipinski definition) is 3. The van der Waals surface area contributed by atoms with Gasteiger partial charge in [0.25, 0.3) is 0 Å². The van der Waals surface area contributed by atoms with Gasteiger partial charge in [0.1, 0.15) is 5.60 Å². The molecule has 1 aromatic carbocycles. The van der Waals surface area contributed by atoms with Crippen LogP contribution >= 0.6 is 0 Å². The Labute approximate surface area is 180 Å². The van der Waals surface area contributed by atoms with Gasteiger partial charge in [-0.05, 0) is 69.2 Å². The first-order valence-electron chi connectivity index (χ1n) is 10.8. The molecule has 0 unspecified atom stereocenters. The summed E-state index contributed by atoms with van der Waals surface area (Å²) in [5.74, 6) is 0.228. The van der Waals surface area contributed by atoms with E-state index in [4.69, 9.17) is 0 Å². The molecule has 2 aliphatic carbocycles. The molecule has 0 aliphatic heterocycles. The van der Waals surface area contributed by atoms with Crippen molar-refractivity contribution in [2.24, 2.45) is 0 Å². The Morgan fingerprint density at radius 2 is 1.90 bits per heavy atom. The molecular weight excluding hydrogens is 397 g/mol. The van der Waals surface area contributed by atoms with E-state index in [9.17, 15) is 14.6 Å². The van der Waals surface area contributed by atoms with Gasteiger partial charge in [0.05, 0.1) is 30.0 Å². The molecule has 2 aliphatic rings. The van der Waals surface area contributed by atoms with Gasteiger partial charge in [0.15, 0.2) is 5.82 Å². The van der Waals surface area contributed by atoms with E-state index < -0.39 is 5.60 Å². The van der Waals surface area contributed by atoms with Crippen LogP contribution in [0.2, 0.25) is 0 Å². The Morgan fingerprint density at radius 3 is 2.65 bits per heavy atom. The van der Waals surface area contributed by atoms with Crippen molar-refractivity contribution in [3.05, 3.63) is 59.7 Å². The lowest BCUT2D eigenvalue weighted by molar-refractivity contribution is -0.0389. The fourth-order valence-corrected chi connectivity index (χ4v) is 4.24. The number of halogens is 1. The third kappa shape index (κ3) is 4.18. The lowest BCUT2D eigenvalue weighted by Crippen LogP contribution is -2.33. The van der Waals surface area contributed by atoms with Crippen molar-refractivity contribution >= 4 is 11.6 Å². The average Bonchev–Trinajstić information content (AvgIpc) is 3.46. The highest BCUT2D eigenvalue weighted by atomic mass is 19.1. The normalized spacial score (nSPS) is 23.7. The predicted octanol–water partition coefficient (Wildman–Crippen LogP) is 3.85. The number of aromatic nitrogens is 4. The van der Waals surface area contributed by atoms with E-state index in [2.05, 4.69) is 20.3 Å². The molecule has 0 bridgehead atoms. The average molecular weight is 423 g/mol. The predicted molar refractivity (Wildman–Crippen MR) is 114 cm³/mol. The number of benzene rings is 1. The first-order chi connectivity index (χ1) is 14.9. The summed E-state index contributed by atoms with van der Waals surface area (Å²) in [6, 6.07) is 5.93. The van der Waals surface area contributed by atoms with Crippen molar-refractivity contribution in [1.82, 2.24) is 19.5 Å². The van der Waals surface area contributed by atoms with Gasteiger partial charge in [-0.2, -0.15) is 0 Å². The van der Waals surface area contributed by atoms with E-state index >= 15 is 0 Å². The summed E-state index contributed by atoms with van der Waals surface area (Å²) in [7, 11) is 0. The number of nitrogens with one attached hydrogen (secondary N) is 1. The lowest BCUT2D eigenvalue weighted by atomic mass is 9.81. The molecule has 0 saturated heterocycles. The second kappa shape index (κ2) is 7.69. The third-order valence-corrected chi connectivity index (χ3v) is 6.19. The number of nitrogens with zero attached hydrogens (tertiary/aromatic N) is 4. The van der Waals surface area contributed by atoms with Crippen LogP contribution in [0, 0.1) is 12.7 Å². The van der Waals surface area contributed by atoms with E-state index in [1.165, 1.54) is 6.20 Å². The second-order valence-electron chi connectivity index (χ2n) is 8.81. The van der Waals surface area contributed by atoms with E-state index in [0.29, 0.717) is 43.0 Å². The van der Waals surface area contributed by atoms with Crippen LogP contribution in [-0.4, -0.2) is 35.8 Å². The van der Waals surface area contributed by atoms with Gasteiger partial charge in [0.2, 0.25) is 5.95 Å². The zero-order valence-corrected chi connectivity index (χ0v) is 17.4. The van der Waals surface area contributed by atoms with Crippen molar-refractivity contribution in [2.45, 2.75) is 63.1 Å². The number of anilines is 2. The number of aliphatic hydroxyl groups excluding tert-OH is 1. The number of rotatable bonds is 5. The van der Waals surface area contributed by atoms with E-state index in [1.807, 2.05) is 35.9 Å². The molecule has 0 atom stereocenters. The van der Waals surface area contributed by atoms with Gasteiger partial charge < -0.3 is 20.1 Å². The maximum atomic E-state index is 14.0. The summed E-state index contributed by atoms with van der Waals surface area (Å²) < 4.78 is 15.8. The van der Waals surface area contributed by atoms with Gasteiger partial charge in [-0.3, -0.25) is 0 Å². The molecule has 2 saturated carbocycles. The van der Waals surface area contributed by atoms with Crippen molar-refractivity contribution < 1.29 is 14.6 Å². The first kappa shape index (κ1) is 20.1. The van der Waals surface area contributed by atoms with Crippen LogP contribution in [0.15, 0.2) is 36.9 Å². The minimum atomic E-state index is -1.00. The topological polar surface area (TPSA) is 96.1 Å². The second-order valence-corrected chi connectivity index (χ2v) is 8.81. The van der Waals surface area contributed by atoms with Crippen LogP contribution in [0.3, 0.4) is 0 Å². The maximum absolute atomic E-state index is 14.0. The smallest absolute Gasteiger partial charge is 0.227 e. The van der Waals surface area contributed by atoms with Gasteiger partial charge in [-0.25, -0.2) is 19.3 Å². The molecule has 8 heteroatoms.